The van der Waals surface area contributed by atoms with Crippen molar-refractivity contribution in [2.45, 2.75) is 32.6 Å². The number of carbonyl (C=O) groups excluding carboxylic acids is 1. The maximum Gasteiger partial charge on any atom is 0.224 e. The van der Waals surface area contributed by atoms with E-state index in [0.29, 0.717) is 18.2 Å². The molecule has 0 aliphatic heterocycles. The van der Waals surface area contributed by atoms with E-state index in [1.165, 1.54) is 0 Å². The lowest BCUT2D eigenvalue weighted by Gasteiger charge is -2.07. The van der Waals surface area contributed by atoms with E-state index in [1.807, 2.05) is 24.3 Å². The smallest absolute Gasteiger partial charge is 0.224 e. The minimum Gasteiger partial charge on any atom is -0.326 e. The van der Waals surface area contributed by atoms with Crippen LogP contribution in [0.2, 0.25) is 0 Å². The van der Waals surface area contributed by atoms with Crippen molar-refractivity contribution in [1.29, 1.82) is 0 Å². The Kier molecular flexibility index (Phi) is 5.33. The van der Waals surface area contributed by atoms with Gasteiger partial charge >= 0.3 is 0 Å². The van der Waals surface area contributed by atoms with Gasteiger partial charge in [-0.25, -0.2) is 0 Å². The molecule has 0 saturated carbocycles. The van der Waals surface area contributed by atoms with Gasteiger partial charge in [0.05, 0.1) is 0 Å². The van der Waals surface area contributed by atoms with E-state index in [0.717, 1.165) is 17.7 Å². The lowest BCUT2D eigenvalue weighted by atomic mass is 10.1. The number of amides is 1. The van der Waals surface area contributed by atoms with E-state index < -0.39 is 0 Å². The Morgan fingerprint density at radius 1 is 1.44 bits per heavy atom. The van der Waals surface area contributed by atoms with Crippen LogP contribution >= 0.6 is 11.6 Å². The third kappa shape index (κ3) is 4.67. The van der Waals surface area contributed by atoms with Gasteiger partial charge in [0.2, 0.25) is 5.91 Å². The predicted molar refractivity (Wildman–Crippen MR) is 68.7 cm³/mol. The summed E-state index contributed by atoms with van der Waals surface area (Å²) in [5, 5.41) is 2.87. The Bertz CT molecular complexity index is 350. The molecule has 0 aromatic heterocycles. The molecule has 0 heterocycles. The topological polar surface area (TPSA) is 29.1 Å². The van der Waals surface area contributed by atoms with Crippen molar-refractivity contribution in [3.05, 3.63) is 29.8 Å². The fourth-order valence-electron chi connectivity index (χ4n) is 1.38. The molecule has 0 fully saturated rings. The first-order valence-corrected chi connectivity index (χ1v) is 6.10. The minimum absolute atomic E-state index is 0.0698. The van der Waals surface area contributed by atoms with E-state index in [2.05, 4.69) is 19.2 Å². The Morgan fingerprint density at radius 3 is 2.81 bits per heavy atom. The van der Waals surface area contributed by atoms with E-state index in [1.54, 1.807) is 0 Å². The van der Waals surface area contributed by atoms with Crippen LogP contribution in [0.1, 0.15) is 32.3 Å². The van der Waals surface area contributed by atoms with Crippen LogP contribution in [0.4, 0.5) is 5.69 Å². The van der Waals surface area contributed by atoms with Crippen LogP contribution < -0.4 is 5.32 Å². The number of rotatable bonds is 5. The fourth-order valence-corrected chi connectivity index (χ4v) is 1.54. The molecular formula is C13H18ClNO. The molecule has 0 saturated heterocycles. The molecule has 1 N–H and O–H groups in total. The summed E-state index contributed by atoms with van der Waals surface area (Å²) in [7, 11) is 0. The zero-order valence-electron chi connectivity index (χ0n) is 9.79. The van der Waals surface area contributed by atoms with E-state index >= 15 is 0 Å². The van der Waals surface area contributed by atoms with E-state index in [4.69, 9.17) is 11.6 Å². The Labute approximate surface area is 102 Å². The average Bonchev–Trinajstić information content (AvgIpc) is 2.26. The van der Waals surface area contributed by atoms with Crippen LogP contribution in [0.25, 0.3) is 0 Å². The van der Waals surface area contributed by atoms with Gasteiger partial charge in [-0.2, -0.15) is 0 Å². The molecule has 0 atom stereocenters. The van der Waals surface area contributed by atoms with Gasteiger partial charge in [0.15, 0.2) is 0 Å². The highest BCUT2D eigenvalue weighted by atomic mass is 35.5. The van der Waals surface area contributed by atoms with Gasteiger partial charge in [-0.05, 0) is 30.0 Å². The quantitative estimate of drug-likeness (QED) is 0.778. The summed E-state index contributed by atoms with van der Waals surface area (Å²) in [6, 6.07) is 7.62. The van der Waals surface area contributed by atoms with Crippen molar-refractivity contribution in [2.24, 2.45) is 5.92 Å². The summed E-state index contributed by atoms with van der Waals surface area (Å²) < 4.78 is 0. The molecule has 0 bridgehead atoms. The molecule has 0 unspecified atom stereocenters. The largest absolute Gasteiger partial charge is 0.326 e. The highest BCUT2D eigenvalue weighted by molar-refractivity contribution is 6.17. The maximum absolute atomic E-state index is 11.6. The lowest BCUT2D eigenvalue weighted by molar-refractivity contribution is -0.116. The van der Waals surface area contributed by atoms with Gasteiger partial charge in [0, 0.05) is 18.0 Å². The summed E-state index contributed by atoms with van der Waals surface area (Å²) in [5.74, 6) is 1.09. The third-order valence-electron chi connectivity index (χ3n) is 2.31. The number of hydrogen-bond acceptors (Lipinski definition) is 1. The monoisotopic (exact) mass is 239 g/mol. The number of benzene rings is 1. The zero-order chi connectivity index (χ0) is 12.0. The second kappa shape index (κ2) is 6.54. The van der Waals surface area contributed by atoms with Gasteiger partial charge in [-0.15, -0.1) is 11.6 Å². The summed E-state index contributed by atoms with van der Waals surface area (Å²) in [4.78, 5) is 11.6. The summed E-state index contributed by atoms with van der Waals surface area (Å²) >= 11 is 5.73. The van der Waals surface area contributed by atoms with Gasteiger partial charge < -0.3 is 5.32 Å². The number of alkyl halides is 1. The molecule has 0 radical (unpaired) electrons. The third-order valence-corrected chi connectivity index (χ3v) is 2.62. The van der Waals surface area contributed by atoms with Crippen molar-refractivity contribution < 1.29 is 4.79 Å². The van der Waals surface area contributed by atoms with Crippen molar-refractivity contribution in [3.8, 4) is 0 Å². The Balaban J connectivity index is 2.49. The predicted octanol–water partition coefficient (Wildman–Crippen LogP) is 3.80. The van der Waals surface area contributed by atoms with Crippen LogP contribution in [0.15, 0.2) is 24.3 Å². The Hall–Kier alpha value is -1.02. The van der Waals surface area contributed by atoms with Crippen molar-refractivity contribution in [1.82, 2.24) is 0 Å². The molecule has 16 heavy (non-hydrogen) atoms. The lowest BCUT2D eigenvalue weighted by Crippen LogP contribution is -2.12. The summed E-state index contributed by atoms with van der Waals surface area (Å²) in [6.45, 7) is 4.22. The molecule has 1 aromatic rings. The summed E-state index contributed by atoms with van der Waals surface area (Å²) in [5.41, 5.74) is 1.84. The molecule has 1 amide bonds. The first-order valence-electron chi connectivity index (χ1n) is 5.56. The molecule has 3 heteroatoms. The number of nitrogens with one attached hydrogen (secondary N) is 1. The van der Waals surface area contributed by atoms with Crippen LogP contribution in [-0.2, 0) is 10.7 Å². The summed E-state index contributed by atoms with van der Waals surface area (Å²) in [6.07, 6.45) is 1.49. The van der Waals surface area contributed by atoms with Crippen molar-refractivity contribution >= 4 is 23.2 Å². The minimum atomic E-state index is 0.0698. The first kappa shape index (κ1) is 13.0. The normalized spacial score (nSPS) is 10.5. The standard InChI is InChI=1S/C13H18ClNO/c1-10(2)6-7-13(16)15-12-5-3-4-11(8-12)9-14/h3-5,8,10H,6-7,9H2,1-2H3,(H,15,16). The van der Waals surface area contributed by atoms with Crippen LogP contribution in [-0.4, -0.2) is 5.91 Å². The molecule has 1 aromatic carbocycles. The van der Waals surface area contributed by atoms with Crippen molar-refractivity contribution in [2.75, 3.05) is 5.32 Å². The van der Waals surface area contributed by atoms with Gasteiger partial charge in [-0.1, -0.05) is 26.0 Å². The number of anilines is 1. The first-order chi connectivity index (χ1) is 7.61. The number of halogens is 1. The second-order valence-electron chi connectivity index (χ2n) is 4.31. The molecule has 0 aliphatic rings. The molecule has 0 aliphatic carbocycles. The Morgan fingerprint density at radius 2 is 2.19 bits per heavy atom. The van der Waals surface area contributed by atoms with Crippen molar-refractivity contribution in [3.63, 3.8) is 0 Å². The number of carbonyl (C=O) groups is 1. The molecule has 1 rings (SSSR count). The van der Waals surface area contributed by atoms with E-state index in [-0.39, 0.29) is 5.91 Å². The molecular weight excluding hydrogens is 222 g/mol. The van der Waals surface area contributed by atoms with E-state index in [9.17, 15) is 4.79 Å². The van der Waals surface area contributed by atoms with Gasteiger partial charge in [0.1, 0.15) is 0 Å². The molecule has 88 valence electrons. The van der Waals surface area contributed by atoms with Crippen LogP contribution in [0.3, 0.4) is 0 Å². The van der Waals surface area contributed by atoms with Crippen LogP contribution in [0, 0.1) is 5.92 Å². The van der Waals surface area contributed by atoms with Gasteiger partial charge in [0.25, 0.3) is 0 Å². The SMILES string of the molecule is CC(C)CCC(=O)Nc1cccc(CCl)c1. The van der Waals surface area contributed by atoms with Gasteiger partial charge in [-0.3, -0.25) is 4.79 Å². The number of hydrogen-bond donors (Lipinski definition) is 1. The average molecular weight is 240 g/mol. The highest BCUT2D eigenvalue weighted by Gasteiger charge is 2.04. The van der Waals surface area contributed by atoms with Crippen LogP contribution in [0.5, 0.6) is 0 Å². The zero-order valence-corrected chi connectivity index (χ0v) is 10.6. The maximum atomic E-state index is 11.6. The fraction of sp³-hybridized carbons (Fsp3) is 0.462. The molecule has 0 spiro atoms. The highest BCUT2D eigenvalue weighted by Crippen LogP contribution is 2.13. The second-order valence-corrected chi connectivity index (χ2v) is 4.58. The molecule has 2 nitrogen and oxygen atoms in total.